The Morgan fingerprint density at radius 3 is 2.74 bits per heavy atom. The van der Waals surface area contributed by atoms with Crippen LogP contribution in [0.5, 0.6) is 0 Å². The first kappa shape index (κ1) is 14.1. The molecular formula is C15H19ClN2O. The molecule has 102 valence electrons. The molecule has 2 aromatic rings. The molecule has 0 aliphatic rings. The molecule has 1 aromatic carbocycles. The zero-order valence-electron chi connectivity index (χ0n) is 11.2. The number of hydrogen-bond donors (Lipinski definition) is 1. The van der Waals surface area contributed by atoms with Crippen LogP contribution in [0, 0.1) is 0 Å². The van der Waals surface area contributed by atoms with Crippen LogP contribution in [0.4, 0.5) is 0 Å². The van der Waals surface area contributed by atoms with Crippen LogP contribution < -0.4 is 5.73 Å². The quantitative estimate of drug-likeness (QED) is 0.911. The van der Waals surface area contributed by atoms with Gasteiger partial charge in [-0.25, -0.2) is 0 Å². The van der Waals surface area contributed by atoms with Crippen LogP contribution in [-0.4, -0.2) is 18.0 Å². The van der Waals surface area contributed by atoms with Crippen LogP contribution >= 0.6 is 11.6 Å². The third-order valence-electron chi connectivity index (χ3n) is 3.18. The van der Waals surface area contributed by atoms with E-state index in [1.54, 1.807) is 12.5 Å². The number of benzene rings is 1. The van der Waals surface area contributed by atoms with Gasteiger partial charge in [0.15, 0.2) is 0 Å². The summed E-state index contributed by atoms with van der Waals surface area (Å²) in [5.74, 6) is 0. The molecule has 4 heteroatoms. The van der Waals surface area contributed by atoms with Gasteiger partial charge in [0.1, 0.15) is 0 Å². The number of hydrogen-bond acceptors (Lipinski definition) is 3. The second kappa shape index (κ2) is 6.24. The lowest BCUT2D eigenvalue weighted by Gasteiger charge is -2.31. The Bertz CT molecular complexity index is 511. The Balaban J connectivity index is 2.20. The fourth-order valence-electron chi connectivity index (χ4n) is 2.42. The molecule has 2 atom stereocenters. The van der Waals surface area contributed by atoms with Crippen LogP contribution in [0.25, 0.3) is 0 Å². The number of likely N-dealkylation sites (N-methyl/N-ethyl adjacent to an activating group) is 1. The number of nitrogens with zero attached hydrogens (tertiary/aromatic N) is 1. The maximum Gasteiger partial charge on any atom is 0.0947 e. The molecule has 1 aromatic heterocycles. The molecule has 2 rings (SSSR count). The fourth-order valence-corrected chi connectivity index (χ4v) is 2.62. The fraction of sp³-hybridized carbons (Fsp3) is 0.333. The highest BCUT2D eigenvalue weighted by Gasteiger charge is 2.21. The van der Waals surface area contributed by atoms with E-state index in [9.17, 15) is 0 Å². The van der Waals surface area contributed by atoms with E-state index >= 15 is 0 Å². The Hall–Kier alpha value is -1.29. The van der Waals surface area contributed by atoms with E-state index in [4.69, 9.17) is 21.8 Å². The predicted octanol–water partition coefficient (Wildman–Crippen LogP) is 3.45. The van der Waals surface area contributed by atoms with E-state index in [1.807, 2.05) is 31.2 Å². The molecule has 2 unspecified atom stereocenters. The van der Waals surface area contributed by atoms with E-state index < -0.39 is 0 Å². The smallest absolute Gasteiger partial charge is 0.0947 e. The minimum absolute atomic E-state index is 0.00960. The van der Waals surface area contributed by atoms with Crippen LogP contribution in [0.2, 0.25) is 5.02 Å². The van der Waals surface area contributed by atoms with Gasteiger partial charge in [0.2, 0.25) is 0 Å². The van der Waals surface area contributed by atoms with Gasteiger partial charge in [-0.15, -0.1) is 0 Å². The van der Waals surface area contributed by atoms with E-state index in [0.29, 0.717) is 0 Å². The minimum atomic E-state index is 0.00960. The third kappa shape index (κ3) is 3.60. The maximum absolute atomic E-state index is 6.14. The number of furan rings is 1. The van der Waals surface area contributed by atoms with Crippen molar-refractivity contribution in [2.24, 2.45) is 5.73 Å². The number of rotatable bonds is 5. The van der Waals surface area contributed by atoms with Gasteiger partial charge in [0.05, 0.1) is 12.5 Å². The monoisotopic (exact) mass is 278 g/mol. The zero-order valence-corrected chi connectivity index (χ0v) is 12.0. The highest BCUT2D eigenvalue weighted by atomic mass is 35.5. The zero-order chi connectivity index (χ0) is 13.8. The van der Waals surface area contributed by atoms with Gasteiger partial charge >= 0.3 is 0 Å². The van der Waals surface area contributed by atoms with Crippen molar-refractivity contribution in [1.29, 1.82) is 0 Å². The van der Waals surface area contributed by atoms with Gasteiger partial charge in [0, 0.05) is 29.2 Å². The normalized spacial score (nSPS) is 14.6. The van der Waals surface area contributed by atoms with E-state index in [0.717, 1.165) is 22.7 Å². The molecule has 0 bridgehead atoms. The van der Waals surface area contributed by atoms with E-state index in [-0.39, 0.29) is 12.1 Å². The van der Waals surface area contributed by atoms with Crippen molar-refractivity contribution in [2.45, 2.75) is 25.6 Å². The van der Waals surface area contributed by atoms with E-state index in [1.165, 1.54) is 0 Å². The van der Waals surface area contributed by atoms with Crippen LogP contribution in [0.3, 0.4) is 0 Å². The Morgan fingerprint density at radius 2 is 2.16 bits per heavy atom. The van der Waals surface area contributed by atoms with Crippen molar-refractivity contribution in [1.82, 2.24) is 4.90 Å². The second-order valence-electron chi connectivity index (χ2n) is 4.91. The first-order valence-electron chi connectivity index (χ1n) is 6.30. The van der Waals surface area contributed by atoms with Gasteiger partial charge in [-0.05, 0) is 37.7 Å². The van der Waals surface area contributed by atoms with Crippen LogP contribution in [0.15, 0.2) is 47.3 Å². The molecule has 0 amide bonds. The second-order valence-corrected chi connectivity index (χ2v) is 5.34. The summed E-state index contributed by atoms with van der Waals surface area (Å²) in [4.78, 5) is 2.21. The van der Waals surface area contributed by atoms with Crippen molar-refractivity contribution in [2.75, 3.05) is 7.05 Å². The number of nitrogens with two attached hydrogens (primary N) is 1. The molecule has 1 heterocycles. The molecule has 3 nitrogen and oxygen atoms in total. The minimum Gasteiger partial charge on any atom is -0.472 e. The van der Waals surface area contributed by atoms with Gasteiger partial charge in [-0.3, -0.25) is 4.90 Å². The first-order chi connectivity index (χ1) is 9.08. The van der Waals surface area contributed by atoms with Crippen molar-refractivity contribution in [3.63, 3.8) is 0 Å². The predicted molar refractivity (Wildman–Crippen MR) is 78.0 cm³/mol. The Labute approximate surface area is 119 Å². The summed E-state index contributed by atoms with van der Waals surface area (Å²) >= 11 is 6.07. The topological polar surface area (TPSA) is 42.4 Å². The molecule has 2 N–H and O–H groups in total. The van der Waals surface area contributed by atoms with Gasteiger partial charge in [0.25, 0.3) is 0 Å². The van der Waals surface area contributed by atoms with Crippen molar-refractivity contribution < 1.29 is 4.42 Å². The molecule has 0 spiro atoms. The van der Waals surface area contributed by atoms with Crippen molar-refractivity contribution in [3.8, 4) is 0 Å². The lowest BCUT2D eigenvalue weighted by Crippen LogP contribution is -2.36. The molecule has 19 heavy (non-hydrogen) atoms. The number of halogens is 1. The molecule has 0 fully saturated rings. The summed E-state index contributed by atoms with van der Waals surface area (Å²) in [5, 5.41) is 0.736. The summed E-state index contributed by atoms with van der Waals surface area (Å²) in [6.07, 6.45) is 3.44. The van der Waals surface area contributed by atoms with Crippen LogP contribution in [0.1, 0.15) is 24.1 Å². The highest BCUT2D eigenvalue weighted by molar-refractivity contribution is 6.30. The third-order valence-corrected chi connectivity index (χ3v) is 3.41. The molecule has 0 saturated heterocycles. The summed E-state index contributed by atoms with van der Waals surface area (Å²) in [6.45, 7) is 2.80. The van der Waals surface area contributed by atoms with Gasteiger partial charge < -0.3 is 10.2 Å². The van der Waals surface area contributed by atoms with Crippen molar-refractivity contribution >= 4 is 11.6 Å². The highest BCUT2D eigenvalue weighted by Crippen LogP contribution is 2.26. The average molecular weight is 279 g/mol. The summed E-state index contributed by atoms with van der Waals surface area (Å²) < 4.78 is 5.10. The molecule has 0 saturated carbocycles. The summed E-state index contributed by atoms with van der Waals surface area (Å²) in [6, 6.07) is 9.96. The lowest BCUT2D eigenvalue weighted by atomic mass is 9.99. The molecular weight excluding hydrogens is 260 g/mol. The summed E-state index contributed by atoms with van der Waals surface area (Å²) in [5.41, 5.74) is 8.41. The van der Waals surface area contributed by atoms with E-state index in [2.05, 4.69) is 18.0 Å². The van der Waals surface area contributed by atoms with Gasteiger partial charge in [-0.2, -0.15) is 0 Å². The molecule has 0 aliphatic carbocycles. The molecule has 0 radical (unpaired) electrons. The Morgan fingerprint density at radius 1 is 1.37 bits per heavy atom. The summed E-state index contributed by atoms with van der Waals surface area (Å²) in [7, 11) is 2.06. The van der Waals surface area contributed by atoms with Gasteiger partial charge in [-0.1, -0.05) is 23.7 Å². The van der Waals surface area contributed by atoms with Crippen LogP contribution in [-0.2, 0) is 6.54 Å². The largest absolute Gasteiger partial charge is 0.472 e. The first-order valence-corrected chi connectivity index (χ1v) is 6.68. The average Bonchev–Trinajstić information content (AvgIpc) is 2.81. The lowest BCUT2D eigenvalue weighted by molar-refractivity contribution is 0.210. The maximum atomic E-state index is 6.14. The Kier molecular flexibility index (Phi) is 4.64. The van der Waals surface area contributed by atoms with Crippen molar-refractivity contribution in [3.05, 3.63) is 59.0 Å². The molecule has 0 aliphatic heterocycles. The SMILES string of the molecule is CC(N)C(c1cccc(Cl)c1)N(C)Cc1ccoc1. The standard InChI is InChI=1S/C15H19ClN2O/c1-11(17)15(13-4-3-5-14(16)8-13)18(2)9-12-6-7-19-10-12/h3-8,10-11,15H,9,17H2,1-2H3.